The van der Waals surface area contributed by atoms with Crippen LogP contribution in [0.4, 0.5) is 0 Å². The molecule has 4 aliphatic heterocycles. The number of hydrogen-bond donors (Lipinski definition) is 0. The summed E-state index contributed by atoms with van der Waals surface area (Å²) in [7, 11) is 0. The predicted molar refractivity (Wildman–Crippen MR) is 478 cm³/mol. The van der Waals surface area contributed by atoms with Gasteiger partial charge in [0.25, 0.3) is 0 Å². The Labute approximate surface area is 677 Å². The molecule has 16 atom stereocenters. The minimum absolute atomic E-state index is 0.0297. The molecule has 113 heavy (non-hydrogen) atoms. The summed E-state index contributed by atoms with van der Waals surface area (Å²) in [5.74, 6) is 6.34. The second kappa shape index (κ2) is 28.5. The van der Waals surface area contributed by atoms with Crippen LogP contribution in [0.2, 0.25) is 11.6 Å². The average molecular weight is 1470 g/mol. The van der Waals surface area contributed by atoms with Crippen molar-refractivity contribution in [3.63, 3.8) is 0 Å². The zero-order valence-corrected chi connectivity index (χ0v) is 68.0. The van der Waals surface area contributed by atoms with Gasteiger partial charge in [-0.1, -0.05) is 349 Å². The van der Waals surface area contributed by atoms with Crippen molar-refractivity contribution in [2.75, 3.05) is 0 Å². The summed E-state index contributed by atoms with van der Waals surface area (Å²) in [5, 5.41) is 0. The van der Waals surface area contributed by atoms with E-state index in [-0.39, 0.29) is 35.2 Å². The first-order valence-electron chi connectivity index (χ1n) is 45.4. The monoisotopic (exact) mass is 1470 g/mol. The van der Waals surface area contributed by atoms with Gasteiger partial charge < -0.3 is 0 Å². The van der Waals surface area contributed by atoms with Crippen LogP contribution in [0.15, 0.2) is 350 Å². The van der Waals surface area contributed by atoms with Crippen LogP contribution in [-0.4, -0.2) is 13.4 Å². The summed E-state index contributed by atoms with van der Waals surface area (Å²) in [6.45, 7) is 16.9. The lowest BCUT2D eigenvalue weighted by Crippen LogP contribution is -2.48. The third-order valence-corrected chi connectivity index (χ3v) is 33.1. The molecule has 3 aromatic carbocycles. The lowest BCUT2D eigenvalue weighted by atomic mass is 9.24. The van der Waals surface area contributed by atoms with Crippen LogP contribution in [0, 0.1) is 81.8 Å². The Morgan fingerprint density at radius 3 is 2.18 bits per heavy atom. The van der Waals surface area contributed by atoms with Gasteiger partial charge in [0.05, 0.1) is 0 Å². The molecule has 19 aliphatic rings. The quantitative estimate of drug-likeness (QED) is 0.133. The summed E-state index contributed by atoms with van der Waals surface area (Å²) in [5.41, 5.74) is 40.9. The van der Waals surface area contributed by atoms with Gasteiger partial charge in [-0.3, -0.25) is 0 Å². The predicted octanol–water partition coefficient (Wildman–Crippen LogP) is 27.5. The second-order valence-electron chi connectivity index (χ2n) is 39.4. The first kappa shape index (κ1) is 71.1. The Bertz CT molecular complexity index is 5300. The number of fused-ring (bicyclic) bond motifs is 12. The van der Waals surface area contributed by atoms with Gasteiger partial charge in [-0.2, -0.15) is 0 Å². The number of allylic oxidation sites excluding steroid dienone is 47. The average Bonchev–Trinajstić information content (AvgIpc) is 1.60. The molecule has 0 radical (unpaired) electrons. The Morgan fingerprint density at radius 1 is 0.611 bits per heavy atom. The van der Waals surface area contributed by atoms with Gasteiger partial charge in [0.2, 0.25) is 6.71 Å². The van der Waals surface area contributed by atoms with Crippen molar-refractivity contribution in [3.8, 4) is 0 Å². The molecular formula is C111H116B2. The third-order valence-electron chi connectivity index (χ3n) is 33.1. The maximum atomic E-state index is 5.55. The highest BCUT2D eigenvalue weighted by atomic mass is 14.6. The molecule has 2 heteroatoms. The first-order chi connectivity index (χ1) is 55.5. The van der Waals surface area contributed by atoms with E-state index in [0.717, 1.165) is 83.5 Å². The standard InChI is InChI=1S/C111H116B2/c1-69-85-61-80-62-87(73-41-19-9-20-42-73)94-66-95(103(75-45-23-11-24-46-75)76-47-25-12-26-48-76)107-105-91(84-52-30-32-54-97(84)111(107,4)5)60-78-50-28-34-56-99(78)113(109(94)105)100(80)67-88(85)89-68-101-81(64-92(89)102(69)74-43-21-10-22-44-74)63-86(72-39-17-8-18-40-72)93-65-82(58-79(71-37-15-7-16-38-71)57-70-35-13-6-14-36-70)106-104-90(83-51-29-31-53-96(83)110(106,2)3)59-77-49-27-33-55-98(77)112(101)108(93)104/h7-11,13,15-19,21-25,30-35,37,39,41,43-48,53-56,61,64,66-68,70-72,79-80,84,86-87,90-91,93,100,102-103,105,109H,1,6,12,14,20,26-29,36,38,40,42,49-52,57-60,62-63,65H2,2-5H3/t70?,71?,72?,79-,80?,84?,86?,87?,90?,91?,93?,100?,102?,103?,105?,109?/m1/s1. The number of benzene rings is 3. The number of rotatable bonds is 11. The fourth-order valence-corrected chi connectivity index (χ4v) is 28.6. The van der Waals surface area contributed by atoms with E-state index in [1.165, 1.54) is 109 Å². The normalized spacial score (nSPS) is 33.3. The molecule has 1 saturated carbocycles. The highest BCUT2D eigenvalue weighted by molar-refractivity contribution is 6.87. The topological polar surface area (TPSA) is 0 Å². The van der Waals surface area contributed by atoms with Crippen LogP contribution >= 0.6 is 0 Å². The third kappa shape index (κ3) is 11.6. The molecule has 3 aromatic rings. The summed E-state index contributed by atoms with van der Waals surface area (Å²) >= 11 is 0. The minimum atomic E-state index is -0.142. The zero-order valence-electron chi connectivity index (χ0n) is 68.0. The molecule has 22 rings (SSSR count). The molecule has 15 unspecified atom stereocenters. The van der Waals surface area contributed by atoms with E-state index in [9.17, 15) is 0 Å². The van der Waals surface area contributed by atoms with Crippen LogP contribution in [0.3, 0.4) is 0 Å². The van der Waals surface area contributed by atoms with Crippen LogP contribution in [-0.2, 0) is 6.42 Å². The van der Waals surface area contributed by atoms with Crippen LogP contribution in [0.1, 0.15) is 209 Å². The minimum Gasteiger partial charge on any atom is -0.0943 e. The zero-order chi connectivity index (χ0) is 75.4. The van der Waals surface area contributed by atoms with Crippen molar-refractivity contribution in [2.24, 2.45) is 81.8 Å². The molecule has 1 saturated heterocycles. The van der Waals surface area contributed by atoms with Gasteiger partial charge >= 0.3 is 0 Å². The van der Waals surface area contributed by atoms with Gasteiger partial charge in [-0.05, 0) is 285 Å². The van der Waals surface area contributed by atoms with Gasteiger partial charge in [-0.25, -0.2) is 0 Å². The molecule has 15 aliphatic carbocycles. The number of hydrogen-bond acceptors (Lipinski definition) is 0. The highest BCUT2D eigenvalue weighted by Gasteiger charge is 2.62. The van der Waals surface area contributed by atoms with Crippen LogP contribution in [0.5, 0.6) is 0 Å². The molecule has 566 valence electrons. The molecule has 0 bridgehead atoms. The van der Waals surface area contributed by atoms with E-state index in [0.29, 0.717) is 83.5 Å². The Morgan fingerprint density at radius 2 is 1.39 bits per heavy atom. The van der Waals surface area contributed by atoms with E-state index in [1.54, 1.807) is 77.7 Å². The van der Waals surface area contributed by atoms with Crippen molar-refractivity contribution >= 4 is 24.5 Å². The molecule has 4 heterocycles. The Hall–Kier alpha value is -8.45. The maximum Gasteiger partial charge on any atom is 0.238 e. The van der Waals surface area contributed by atoms with Gasteiger partial charge in [0, 0.05) is 34.5 Å². The van der Waals surface area contributed by atoms with Gasteiger partial charge in [0.15, 0.2) is 6.71 Å². The molecule has 0 N–H and O–H groups in total. The second-order valence-corrected chi connectivity index (χ2v) is 39.4. The van der Waals surface area contributed by atoms with E-state index in [2.05, 4.69) is 271 Å². The smallest absolute Gasteiger partial charge is 0.0943 e. The summed E-state index contributed by atoms with van der Waals surface area (Å²) < 4.78 is 0. The van der Waals surface area contributed by atoms with E-state index in [1.807, 2.05) is 16.6 Å². The lowest BCUT2D eigenvalue weighted by Gasteiger charge is -2.57. The van der Waals surface area contributed by atoms with Crippen LogP contribution in [0.25, 0.3) is 5.57 Å². The summed E-state index contributed by atoms with van der Waals surface area (Å²) in [6.07, 6.45) is 99.9. The fourth-order valence-electron chi connectivity index (χ4n) is 28.6. The Kier molecular flexibility index (Phi) is 17.9. The van der Waals surface area contributed by atoms with Crippen molar-refractivity contribution in [1.82, 2.24) is 0 Å². The first-order valence-corrected chi connectivity index (χ1v) is 45.4. The van der Waals surface area contributed by atoms with E-state index < -0.39 is 0 Å². The SMILES string of the molecule is C=C1C2=CC3CC(C4=CC=CCC4)C4=CC(C(C5=CCCC=C5)c5ccccc5)=C5C6C4B(C4=C(CCC=C4)CC6C4CC=CC=C4C5(C)C)C3C=C2c2cc3c(cc2C1c1ccccc1)CC(C1C=CC=CC1)C1CC(C[C@@H](CC2C=CCCC2)C2C=CC=CC2)=C2C4=C1B3C1=C(CCC=C1)CC4C1=C(C=CCC1)C2(C)C. The molecule has 0 aromatic heterocycles. The molecular weight excluding hydrogens is 1350 g/mol. The van der Waals surface area contributed by atoms with Crippen molar-refractivity contribution in [2.45, 2.75) is 199 Å². The molecule has 0 amide bonds. The molecule has 2 fully saturated rings. The lowest BCUT2D eigenvalue weighted by molar-refractivity contribution is 0.181. The summed E-state index contributed by atoms with van der Waals surface area (Å²) in [6, 6.07) is 29.6. The maximum absolute atomic E-state index is 5.55. The van der Waals surface area contributed by atoms with Crippen LogP contribution < -0.4 is 5.46 Å². The molecule has 0 spiro atoms. The largest absolute Gasteiger partial charge is 0.238 e. The highest BCUT2D eigenvalue weighted by Crippen LogP contribution is 2.72. The Balaban J connectivity index is 0.790. The van der Waals surface area contributed by atoms with Crippen molar-refractivity contribution in [1.29, 1.82) is 0 Å². The van der Waals surface area contributed by atoms with E-state index >= 15 is 0 Å². The van der Waals surface area contributed by atoms with Gasteiger partial charge in [-0.15, -0.1) is 0 Å². The van der Waals surface area contributed by atoms with Gasteiger partial charge in [0.1, 0.15) is 0 Å². The van der Waals surface area contributed by atoms with E-state index in [4.69, 9.17) is 6.58 Å². The molecule has 0 nitrogen and oxygen atoms in total. The summed E-state index contributed by atoms with van der Waals surface area (Å²) in [4.78, 5) is 0. The van der Waals surface area contributed by atoms with Crippen molar-refractivity contribution in [3.05, 3.63) is 377 Å². The fraction of sp³-hybridized carbons (Fsp3) is 0.405. The van der Waals surface area contributed by atoms with Crippen molar-refractivity contribution < 1.29 is 0 Å².